The SMILES string of the molecule is CC(C)(Cc1c(F)cc(F)cc1F)C(=O)O. The van der Waals surface area contributed by atoms with Crippen LogP contribution < -0.4 is 0 Å². The van der Waals surface area contributed by atoms with Gasteiger partial charge in [0, 0.05) is 17.7 Å². The van der Waals surface area contributed by atoms with Gasteiger partial charge in [-0.3, -0.25) is 4.79 Å². The molecule has 0 heterocycles. The molecule has 2 nitrogen and oxygen atoms in total. The normalized spacial score (nSPS) is 11.6. The molecule has 0 bridgehead atoms. The molecule has 0 saturated carbocycles. The minimum atomic E-state index is -1.31. The van der Waals surface area contributed by atoms with Gasteiger partial charge in [0.1, 0.15) is 17.5 Å². The first-order chi connectivity index (χ1) is 7.24. The van der Waals surface area contributed by atoms with Crippen LogP contribution in [0.15, 0.2) is 12.1 Å². The minimum Gasteiger partial charge on any atom is -0.481 e. The second-order valence-electron chi connectivity index (χ2n) is 4.21. The average molecular weight is 232 g/mol. The predicted octanol–water partition coefficient (Wildman–Crippen LogP) is 2.76. The third-order valence-electron chi connectivity index (χ3n) is 2.30. The van der Waals surface area contributed by atoms with Crippen molar-refractivity contribution in [1.29, 1.82) is 0 Å². The van der Waals surface area contributed by atoms with Crippen LogP contribution >= 0.6 is 0 Å². The van der Waals surface area contributed by atoms with Gasteiger partial charge in [0.15, 0.2) is 0 Å². The summed E-state index contributed by atoms with van der Waals surface area (Å²) in [6.45, 7) is 2.69. The fourth-order valence-electron chi connectivity index (χ4n) is 1.26. The molecule has 0 aliphatic heterocycles. The number of carboxylic acids is 1. The third-order valence-corrected chi connectivity index (χ3v) is 2.30. The van der Waals surface area contributed by atoms with Gasteiger partial charge in [-0.1, -0.05) is 0 Å². The first-order valence-corrected chi connectivity index (χ1v) is 4.61. The fraction of sp³-hybridized carbons (Fsp3) is 0.364. The minimum absolute atomic E-state index is 0.333. The van der Waals surface area contributed by atoms with E-state index in [9.17, 15) is 18.0 Å². The zero-order valence-electron chi connectivity index (χ0n) is 8.85. The van der Waals surface area contributed by atoms with E-state index in [4.69, 9.17) is 5.11 Å². The van der Waals surface area contributed by atoms with Gasteiger partial charge in [0.25, 0.3) is 0 Å². The lowest BCUT2D eigenvalue weighted by Gasteiger charge is -2.19. The van der Waals surface area contributed by atoms with E-state index in [1.807, 2.05) is 0 Å². The van der Waals surface area contributed by atoms with E-state index in [1.165, 1.54) is 13.8 Å². The van der Waals surface area contributed by atoms with Crippen molar-refractivity contribution in [2.45, 2.75) is 20.3 Å². The number of halogens is 3. The van der Waals surface area contributed by atoms with Crippen molar-refractivity contribution in [3.8, 4) is 0 Å². The summed E-state index contributed by atoms with van der Waals surface area (Å²) in [6, 6.07) is 1.08. The Hall–Kier alpha value is -1.52. The fourth-order valence-corrected chi connectivity index (χ4v) is 1.26. The molecule has 5 heteroatoms. The summed E-state index contributed by atoms with van der Waals surface area (Å²) < 4.78 is 39.1. The Bertz CT molecular complexity index is 404. The topological polar surface area (TPSA) is 37.3 Å². The number of benzene rings is 1. The van der Waals surface area contributed by atoms with Crippen LogP contribution in [0.25, 0.3) is 0 Å². The zero-order chi connectivity index (χ0) is 12.5. The lowest BCUT2D eigenvalue weighted by Crippen LogP contribution is -2.27. The highest BCUT2D eigenvalue weighted by Crippen LogP contribution is 2.26. The Morgan fingerprint density at radius 1 is 1.25 bits per heavy atom. The monoisotopic (exact) mass is 232 g/mol. The summed E-state index contributed by atoms with van der Waals surface area (Å²) in [7, 11) is 0. The molecule has 0 unspecified atom stereocenters. The second kappa shape index (κ2) is 4.15. The van der Waals surface area contributed by atoms with Gasteiger partial charge in [-0.15, -0.1) is 0 Å². The third kappa shape index (κ3) is 2.53. The molecule has 0 amide bonds. The van der Waals surface area contributed by atoms with Crippen LogP contribution in [-0.2, 0) is 11.2 Å². The number of carbonyl (C=O) groups is 1. The molecule has 1 aromatic carbocycles. The maximum atomic E-state index is 13.2. The van der Waals surface area contributed by atoms with Crippen LogP contribution in [0, 0.1) is 22.9 Å². The Balaban J connectivity index is 3.11. The van der Waals surface area contributed by atoms with Crippen LogP contribution in [0.3, 0.4) is 0 Å². The molecule has 0 spiro atoms. The summed E-state index contributed by atoms with van der Waals surface area (Å²) in [6.07, 6.45) is -0.333. The predicted molar refractivity (Wildman–Crippen MR) is 51.4 cm³/mol. The van der Waals surface area contributed by atoms with Crippen molar-refractivity contribution in [2.24, 2.45) is 5.41 Å². The van der Waals surface area contributed by atoms with Crippen LogP contribution in [0.2, 0.25) is 0 Å². The Labute approximate surface area is 90.7 Å². The smallest absolute Gasteiger partial charge is 0.309 e. The maximum Gasteiger partial charge on any atom is 0.309 e. The van der Waals surface area contributed by atoms with Crippen molar-refractivity contribution in [3.63, 3.8) is 0 Å². The van der Waals surface area contributed by atoms with E-state index in [0.29, 0.717) is 12.1 Å². The molecule has 0 radical (unpaired) electrons. The molecule has 1 rings (SSSR count). The molecule has 16 heavy (non-hydrogen) atoms. The van der Waals surface area contributed by atoms with Gasteiger partial charge < -0.3 is 5.11 Å². The molecule has 0 atom stereocenters. The Morgan fingerprint density at radius 2 is 1.69 bits per heavy atom. The highest BCUT2D eigenvalue weighted by atomic mass is 19.1. The van der Waals surface area contributed by atoms with Crippen LogP contribution in [0.4, 0.5) is 13.2 Å². The van der Waals surface area contributed by atoms with E-state index in [2.05, 4.69) is 0 Å². The zero-order valence-corrected chi connectivity index (χ0v) is 8.85. The van der Waals surface area contributed by atoms with Crippen LogP contribution in [0.5, 0.6) is 0 Å². The largest absolute Gasteiger partial charge is 0.481 e. The van der Waals surface area contributed by atoms with Gasteiger partial charge in [0.05, 0.1) is 5.41 Å². The molecular weight excluding hydrogens is 221 g/mol. The number of carboxylic acid groups (broad SMARTS) is 1. The quantitative estimate of drug-likeness (QED) is 0.870. The summed E-state index contributed by atoms with van der Waals surface area (Å²) in [5.74, 6) is -4.32. The Morgan fingerprint density at radius 3 is 2.06 bits per heavy atom. The molecule has 88 valence electrons. The molecule has 1 aromatic rings. The van der Waals surface area contributed by atoms with E-state index >= 15 is 0 Å². The summed E-state index contributed by atoms with van der Waals surface area (Å²) in [4.78, 5) is 10.8. The highest BCUT2D eigenvalue weighted by Gasteiger charge is 2.30. The van der Waals surface area contributed by atoms with Crippen molar-refractivity contribution >= 4 is 5.97 Å². The maximum absolute atomic E-state index is 13.2. The van der Waals surface area contributed by atoms with E-state index in [-0.39, 0.29) is 6.42 Å². The second-order valence-corrected chi connectivity index (χ2v) is 4.21. The van der Waals surface area contributed by atoms with Gasteiger partial charge in [-0.25, -0.2) is 13.2 Å². The molecular formula is C11H11F3O2. The number of hydrogen-bond acceptors (Lipinski definition) is 1. The van der Waals surface area contributed by atoms with Crippen molar-refractivity contribution < 1.29 is 23.1 Å². The van der Waals surface area contributed by atoms with Crippen molar-refractivity contribution in [3.05, 3.63) is 35.1 Å². The Kier molecular flexibility index (Phi) is 3.26. The molecule has 0 fully saturated rings. The van der Waals surface area contributed by atoms with Gasteiger partial charge in [0.2, 0.25) is 0 Å². The van der Waals surface area contributed by atoms with Gasteiger partial charge in [-0.05, 0) is 20.3 Å². The van der Waals surface area contributed by atoms with Gasteiger partial charge in [-0.2, -0.15) is 0 Å². The summed E-state index contributed by atoms with van der Waals surface area (Å²) >= 11 is 0. The van der Waals surface area contributed by atoms with Crippen molar-refractivity contribution in [2.75, 3.05) is 0 Å². The number of aliphatic carboxylic acids is 1. The standard InChI is InChI=1S/C11H11F3O2/c1-11(2,10(15)16)5-7-8(13)3-6(12)4-9(7)14/h3-4H,5H2,1-2H3,(H,15,16). The van der Waals surface area contributed by atoms with E-state index in [1.54, 1.807) is 0 Å². The van der Waals surface area contributed by atoms with E-state index < -0.39 is 34.4 Å². The lowest BCUT2D eigenvalue weighted by molar-refractivity contribution is -0.146. The van der Waals surface area contributed by atoms with Crippen LogP contribution in [-0.4, -0.2) is 11.1 Å². The molecule has 0 aliphatic rings. The lowest BCUT2D eigenvalue weighted by atomic mass is 9.85. The van der Waals surface area contributed by atoms with Crippen LogP contribution in [0.1, 0.15) is 19.4 Å². The molecule has 0 aromatic heterocycles. The first-order valence-electron chi connectivity index (χ1n) is 4.61. The van der Waals surface area contributed by atoms with E-state index in [0.717, 1.165) is 0 Å². The average Bonchev–Trinajstić information content (AvgIpc) is 2.11. The van der Waals surface area contributed by atoms with Crippen molar-refractivity contribution in [1.82, 2.24) is 0 Å². The first kappa shape index (κ1) is 12.5. The summed E-state index contributed by atoms with van der Waals surface area (Å²) in [5.41, 5.74) is -1.71. The summed E-state index contributed by atoms with van der Waals surface area (Å²) in [5, 5.41) is 8.82. The molecule has 1 N–H and O–H groups in total. The number of hydrogen-bond donors (Lipinski definition) is 1. The molecule has 0 saturated heterocycles. The molecule has 0 aliphatic carbocycles. The van der Waals surface area contributed by atoms with Gasteiger partial charge >= 0.3 is 5.97 Å². The number of rotatable bonds is 3. The highest BCUT2D eigenvalue weighted by molar-refractivity contribution is 5.74.